The summed E-state index contributed by atoms with van der Waals surface area (Å²) in [6.07, 6.45) is 8.70. The van der Waals surface area contributed by atoms with Gasteiger partial charge in [-0.15, -0.1) is 0 Å². The molecular formula is C28H35FN8O2. The summed E-state index contributed by atoms with van der Waals surface area (Å²) in [4.78, 5) is 26.7. The number of rotatable bonds is 8. The molecule has 1 unspecified atom stereocenters. The first-order chi connectivity index (χ1) is 18.7. The molecule has 39 heavy (non-hydrogen) atoms. The quantitative estimate of drug-likeness (QED) is 0.316. The van der Waals surface area contributed by atoms with E-state index in [0.29, 0.717) is 12.3 Å². The van der Waals surface area contributed by atoms with Crippen LogP contribution in [0.1, 0.15) is 50.0 Å². The average molecular weight is 535 g/mol. The van der Waals surface area contributed by atoms with Crippen LogP contribution in [0.3, 0.4) is 0 Å². The molecule has 0 bridgehead atoms. The van der Waals surface area contributed by atoms with Gasteiger partial charge in [0.15, 0.2) is 0 Å². The lowest BCUT2D eigenvalue weighted by molar-refractivity contribution is 0.0892. The Kier molecular flexibility index (Phi) is 7.62. The van der Waals surface area contributed by atoms with Crippen LogP contribution in [0.2, 0.25) is 0 Å². The SMILES string of the molecule is CC(C)(C)NC(=O)c1cc(F)cc(OC2CCN(CC(CN)n3cc(-c4ncnc5[nH]ccc45)cn3)CC2)c1. The summed E-state index contributed by atoms with van der Waals surface area (Å²) < 4.78 is 22.3. The Morgan fingerprint density at radius 3 is 2.79 bits per heavy atom. The van der Waals surface area contributed by atoms with Crippen LogP contribution in [0.4, 0.5) is 4.39 Å². The predicted octanol–water partition coefficient (Wildman–Crippen LogP) is 3.53. The molecule has 3 aromatic heterocycles. The molecule has 4 heterocycles. The first-order valence-corrected chi connectivity index (χ1v) is 13.2. The van der Waals surface area contributed by atoms with Gasteiger partial charge in [-0.3, -0.25) is 9.48 Å². The second-order valence-corrected chi connectivity index (χ2v) is 11.1. The number of likely N-dealkylation sites (tertiary alicyclic amines) is 1. The molecule has 1 aromatic carbocycles. The summed E-state index contributed by atoms with van der Waals surface area (Å²) in [7, 11) is 0. The second kappa shape index (κ2) is 11.1. The molecule has 0 aliphatic carbocycles. The van der Waals surface area contributed by atoms with E-state index in [2.05, 4.69) is 30.3 Å². The average Bonchev–Trinajstić information content (AvgIpc) is 3.57. The van der Waals surface area contributed by atoms with Gasteiger partial charge in [0.1, 0.15) is 29.6 Å². The van der Waals surface area contributed by atoms with Crippen molar-refractivity contribution in [2.75, 3.05) is 26.2 Å². The molecular weight excluding hydrogens is 499 g/mol. The molecule has 10 nitrogen and oxygen atoms in total. The van der Waals surface area contributed by atoms with Crippen molar-refractivity contribution in [3.63, 3.8) is 0 Å². The maximum absolute atomic E-state index is 14.3. The van der Waals surface area contributed by atoms with E-state index in [-0.39, 0.29) is 23.6 Å². The fraction of sp³-hybridized carbons (Fsp3) is 0.429. The zero-order valence-electron chi connectivity index (χ0n) is 22.5. The number of hydrogen-bond donors (Lipinski definition) is 3. The van der Waals surface area contributed by atoms with Crippen LogP contribution >= 0.6 is 0 Å². The molecule has 0 spiro atoms. The minimum atomic E-state index is -0.493. The van der Waals surface area contributed by atoms with E-state index in [0.717, 1.165) is 54.8 Å². The summed E-state index contributed by atoms with van der Waals surface area (Å²) in [6, 6.07) is 6.14. The van der Waals surface area contributed by atoms with Crippen molar-refractivity contribution >= 4 is 16.9 Å². The first kappa shape index (κ1) is 26.8. The number of carbonyl (C=O) groups is 1. The highest BCUT2D eigenvalue weighted by molar-refractivity contribution is 5.95. The van der Waals surface area contributed by atoms with Gasteiger partial charge in [-0.25, -0.2) is 14.4 Å². The number of aromatic amines is 1. The second-order valence-electron chi connectivity index (χ2n) is 11.1. The number of benzene rings is 1. The zero-order valence-corrected chi connectivity index (χ0v) is 22.5. The molecule has 4 aromatic rings. The number of hydrogen-bond acceptors (Lipinski definition) is 7. The highest BCUT2D eigenvalue weighted by Gasteiger charge is 2.25. The number of halogens is 1. The summed E-state index contributed by atoms with van der Waals surface area (Å²) in [6.45, 7) is 8.49. The van der Waals surface area contributed by atoms with Crippen molar-refractivity contribution in [1.82, 2.24) is 34.9 Å². The number of nitrogens with zero attached hydrogens (tertiary/aromatic N) is 5. The standard InChI is InChI=1S/C28H35FN8O2/c1-28(2,3)35-27(38)18-10-20(29)12-23(11-18)39-22-5-8-36(9-6-22)16-21(13-30)37-15-19(14-34-37)25-24-4-7-31-26(24)33-17-32-25/h4,7,10-12,14-15,17,21-22H,5-6,8-9,13,16,30H2,1-3H3,(H,35,38)(H,31,32,33). The lowest BCUT2D eigenvalue weighted by Crippen LogP contribution is -2.42. The van der Waals surface area contributed by atoms with Crippen molar-refractivity contribution in [3.05, 3.63) is 60.6 Å². The van der Waals surface area contributed by atoms with Crippen LogP contribution in [0, 0.1) is 5.82 Å². The van der Waals surface area contributed by atoms with Gasteiger partial charge in [-0.1, -0.05) is 0 Å². The molecule has 0 saturated carbocycles. The highest BCUT2D eigenvalue weighted by atomic mass is 19.1. The summed E-state index contributed by atoms with van der Waals surface area (Å²) >= 11 is 0. The molecule has 1 fully saturated rings. The molecule has 0 radical (unpaired) electrons. The van der Waals surface area contributed by atoms with Crippen LogP contribution in [0.25, 0.3) is 22.3 Å². The molecule has 1 aliphatic rings. The number of ether oxygens (including phenoxy) is 1. The van der Waals surface area contributed by atoms with Crippen molar-refractivity contribution in [2.45, 2.75) is 51.3 Å². The van der Waals surface area contributed by atoms with E-state index in [1.807, 2.05) is 50.1 Å². The van der Waals surface area contributed by atoms with Gasteiger partial charge in [-0.2, -0.15) is 5.10 Å². The van der Waals surface area contributed by atoms with Crippen LogP contribution in [0.15, 0.2) is 49.2 Å². The van der Waals surface area contributed by atoms with E-state index in [1.165, 1.54) is 12.1 Å². The van der Waals surface area contributed by atoms with Crippen molar-refractivity contribution in [3.8, 4) is 17.0 Å². The van der Waals surface area contributed by atoms with Crippen molar-refractivity contribution in [2.24, 2.45) is 5.73 Å². The van der Waals surface area contributed by atoms with E-state index in [9.17, 15) is 9.18 Å². The lowest BCUT2D eigenvalue weighted by atomic mass is 10.1. The number of amides is 1. The Morgan fingerprint density at radius 2 is 2.05 bits per heavy atom. The van der Waals surface area contributed by atoms with Crippen molar-refractivity contribution in [1.29, 1.82) is 0 Å². The van der Waals surface area contributed by atoms with Crippen molar-refractivity contribution < 1.29 is 13.9 Å². The number of piperidine rings is 1. The number of H-pyrrole nitrogens is 1. The maximum atomic E-state index is 14.3. The Labute approximate surface area is 226 Å². The Bertz CT molecular complexity index is 1430. The fourth-order valence-electron chi connectivity index (χ4n) is 4.90. The summed E-state index contributed by atoms with van der Waals surface area (Å²) in [5.74, 6) is -0.446. The molecule has 1 atom stereocenters. The number of nitrogens with two attached hydrogens (primary N) is 1. The van der Waals surface area contributed by atoms with Crippen LogP contribution in [-0.4, -0.2) is 73.4 Å². The van der Waals surface area contributed by atoms with Gasteiger partial charge in [-0.05, 0) is 51.8 Å². The predicted molar refractivity (Wildman–Crippen MR) is 147 cm³/mol. The van der Waals surface area contributed by atoms with Gasteiger partial charge in [0, 0.05) is 66.7 Å². The monoisotopic (exact) mass is 534 g/mol. The van der Waals surface area contributed by atoms with Crippen LogP contribution in [-0.2, 0) is 0 Å². The number of carbonyl (C=O) groups excluding carboxylic acids is 1. The first-order valence-electron chi connectivity index (χ1n) is 13.2. The topological polar surface area (TPSA) is 127 Å². The van der Waals surface area contributed by atoms with Gasteiger partial charge in [0.25, 0.3) is 5.91 Å². The molecule has 206 valence electrons. The normalized spacial score (nSPS) is 15.9. The minimum absolute atomic E-state index is 0.00637. The lowest BCUT2D eigenvalue weighted by Gasteiger charge is -2.34. The third-order valence-electron chi connectivity index (χ3n) is 6.80. The highest BCUT2D eigenvalue weighted by Crippen LogP contribution is 2.26. The number of nitrogens with one attached hydrogen (secondary N) is 2. The number of aromatic nitrogens is 5. The summed E-state index contributed by atoms with van der Waals surface area (Å²) in [5.41, 5.74) is 8.52. The third-order valence-corrected chi connectivity index (χ3v) is 6.80. The van der Waals surface area contributed by atoms with Gasteiger partial charge < -0.3 is 25.7 Å². The minimum Gasteiger partial charge on any atom is -0.490 e. The Morgan fingerprint density at radius 1 is 1.26 bits per heavy atom. The van der Waals surface area contributed by atoms with E-state index < -0.39 is 11.4 Å². The molecule has 5 rings (SSSR count). The molecule has 11 heteroatoms. The van der Waals surface area contributed by atoms with Gasteiger partial charge in [0.05, 0.1) is 17.9 Å². The van der Waals surface area contributed by atoms with E-state index >= 15 is 0 Å². The summed E-state index contributed by atoms with van der Waals surface area (Å²) in [5, 5.41) is 8.40. The maximum Gasteiger partial charge on any atom is 0.251 e. The van der Waals surface area contributed by atoms with Crippen LogP contribution in [0.5, 0.6) is 5.75 Å². The molecule has 1 aliphatic heterocycles. The largest absolute Gasteiger partial charge is 0.490 e. The fourth-order valence-corrected chi connectivity index (χ4v) is 4.90. The van der Waals surface area contributed by atoms with Gasteiger partial charge >= 0.3 is 0 Å². The smallest absolute Gasteiger partial charge is 0.251 e. The Balaban J connectivity index is 1.18. The number of fused-ring (bicyclic) bond motifs is 1. The van der Waals surface area contributed by atoms with Gasteiger partial charge in [0.2, 0.25) is 0 Å². The van der Waals surface area contributed by atoms with Crippen LogP contribution < -0.4 is 15.8 Å². The molecule has 4 N–H and O–H groups in total. The van der Waals surface area contributed by atoms with E-state index in [1.54, 1.807) is 12.4 Å². The third kappa shape index (κ3) is 6.43. The molecule has 1 amide bonds. The zero-order chi connectivity index (χ0) is 27.6. The van der Waals surface area contributed by atoms with E-state index in [4.69, 9.17) is 10.5 Å². The molecule has 1 saturated heterocycles. The Hall–Kier alpha value is -3.83.